The second-order valence-corrected chi connectivity index (χ2v) is 4.48. The largest absolute Gasteiger partial charge is 0.347 e. The molecule has 2 rings (SSSR count). The second kappa shape index (κ2) is 2.96. The van der Waals surface area contributed by atoms with Gasteiger partial charge in [0.2, 0.25) is 0 Å². The Morgan fingerprint density at radius 2 is 1.85 bits per heavy atom. The van der Waals surface area contributed by atoms with Gasteiger partial charge >= 0.3 is 0 Å². The molecule has 0 N–H and O–H groups in total. The van der Waals surface area contributed by atoms with Crippen LogP contribution in [0.4, 0.5) is 0 Å². The lowest BCUT2D eigenvalue weighted by molar-refractivity contribution is -0.108. The topological polar surface area (TPSA) is 18.5 Å². The summed E-state index contributed by atoms with van der Waals surface area (Å²) in [6, 6.07) is 0. The van der Waals surface area contributed by atoms with Crippen LogP contribution >= 0.6 is 0 Å². The minimum absolute atomic E-state index is 0.183. The van der Waals surface area contributed by atoms with Crippen molar-refractivity contribution in [3.8, 4) is 0 Å². The SMILES string of the molecule is CCCC1C(C)(CC)C12OCCO2. The first-order valence-electron chi connectivity index (χ1n) is 5.49. The first kappa shape index (κ1) is 9.47. The van der Waals surface area contributed by atoms with E-state index in [1.165, 1.54) is 12.8 Å². The van der Waals surface area contributed by atoms with Crippen molar-refractivity contribution in [3.05, 3.63) is 0 Å². The van der Waals surface area contributed by atoms with Gasteiger partial charge in [0.25, 0.3) is 0 Å². The average molecular weight is 184 g/mol. The third-order valence-electron chi connectivity index (χ3n) is 3.97. The Balaban J connectivity index is 2.11. The van der Waals surface area contributed by atoms with Gasteiger partial charge in [-0.3, -0.25) is 0 Å². The van der Waals surface area contributed by atoms with Gasteiger partial charge < -0.3 is 9.47 Å². The van der Waals surface area contributed by atoms with Crippen LogP contribution in [0, 0.1) is 11.3 Å². The average Bonchev–Trinajstić information content (AvgIpc) is 2.59. The first-order chi connectivity index (χ1) is 6.21. The fourth-order valence-corrected chi connectivity index (χ4v) is 2.95. The Hall–Kier alpha value is -0.0800. The molecule has 2 unspecified atom stereocenters. The monoisotopic (exact) mass is 184 g/mol. The maximum Gasteiger partial charge on any atom is 0.177 e. The highest BCUT2D eigenvalue weighted by atomic mass is 16.8. The molecule has 1 spiro atoms. The highest BCUT2D eigenvalue weighted by Gasteiger charge is 2.76. The lowest BCUT2D eigenvalue weighted by atomic mass is 10.0. The van der Waals surface area contributed by atoms with Crippen molar-refractivity contribution in [2.24, 2.45) is 11.3 Å². The van der Waals surface area contributed by atoms with E-state index in [1.807, 2.05) is 0 Å². The van der Waals surface area contributed by atoms with Gasteiger partial charge in [0.1, 0.15) is 0 Å². The van der Waals surface area contributed by atoms with Crippen LogP contribution < -0.4 is 0 Å². The molecule has 1 heterocycles. The Labute approximate surface area is 80.6 Å². The Bertz CT molecular complexity index is 196. The summed E-state index contributed by atoms with van der Waals surface area (Å²) in [4.78, 5) is 0. The highest BCUT2D eigenvalue weighted by molar-refractivity contribution is 5.17. The van der Waals surface area contributed by atoms with Crippen molar-refractivity contribution in [1.82, 2.24) is 0 Å². The molecule has 1 aliphatic heterocycles. The van der Waals surface area contributed by atoms with Crippen molar-refractivity contribution in [3.63, 3.8) is 0 Å². The molecular formula is C11H20O2. The molecule has 0 amide bonds. The molecule has 0 radical (unpaired) electrons. The third-order valence-corrected chi connectivity index (χ3v) is 3.97. The standard InChI is InChI=1S/C11H20O2/c1-4-6-9-10(3,5-2)11(9)12-7-8-13-11/h9H,4-8H2,1-3H3. The van der Waals surface area contributed by atoms with E-state index in [-0.39, 0.29) is 5.79 Å². The fourth-order valence-electron chi connectivity index (χ4n) is 2.95. The number of hydrogen-bond acceptors (Lipinski definition) is 2. The summed E-state index contributed by atoms with van der Waals surface area (Å²) < 4.78 is 11.6. The van der Waals surface area contributed by atoms with E-state index in [0.717, 1.165) is 19.6 Å². The van der Waals surface area contributed by atoms with E-state index >= 15 is 0 Å². The number of rotatable bonds is 3. The Kier molecular flexibility index (Phi) is 2.16. The molecule has 1 saturated heterocycles. The molecule has 2 fully saturated rings. The van der Waals surface area contributed by atoms with E-state index in [9.17, 15) is 0 Å². The van der Waals surface area contributed by atoms with Crippen molar-refractivity contribution in [1.29, 1.82) is 0 Å². The molecule has 13 heavy (non-hydrogen) atoms. The normalized spacial score (nSPS) is 41.3. The zero-order valence-corrected chi connectivity index (χ0v) is 8.93. The van der Waals surface area contributed by atoms with Crippen LogP contribution in [0.15, 0.2) is 0 Å². The summed E-state index contributed by atoms with van der Waals surface area (Å²) in [5, 5.41) is 0. The smallest absolute Gasteiger partial charge is 0.177 e. The molecule has 0 aromatic carbocycles. The fraction of sp³-hybridized carbons (Fsp3) is 1.00. The quantitative estimate of drug-likeness (QED) is 0.671. The van der Waals surface area contributed by atoms with Crippen molar-refractivity contribution < 1.29 is 9.47 Å². The van der Waals surface area contributed by atoms with Crippen molar-refractivity contribution in [2.75, 3.05) is 13.2 Å². The predicted octanol–water partition coefficient (Wildman–Crippen LogP) is 2.58. The van der Waals surface area contributed by atoms with Crippen LogP contribution in [-0.2, 0) is 9.47 Å². The minimum Gasteiger partial charge on any atom is -0.347 e. The van der Waals surface area contributed by atoms with Crippen LogP contribution in [-0.4, -0.2) is 19.0 Å². The maximum absolute atomic E-state index is 5.80. The van der Waals surface area contributed by atoms with Gasteiger partial charge in [0.15, 0.2) is 5.79 Å². The molecule has 0 bridgehead atoms. The molecule has 0 aromatic heterocycles. The van der Waals surface area contributed by atoms with Gasteiger partial charge in [-0.05, 0) is 12.8 Å². The number of ether oxygens (including phenoxy) is 2. The van der Waals surface area contributed by atoms with Crippen LogP contribution in [0.3, 0.4) is 0 Å². The van der Waals surface area contributed by atoms with Crippen LogP contribution in [0.5, 0.6) is 0 Å². The molecule has 1 saturated carbocycles. The zero-order chi connectivity index (χ0) is 9.53. The van der Waals surface area contributed by atoms with Gasteiger partial charge in [-0.2, -0.15) is 0 Å². The van der Waals surface area contributed by atoms with Crippen LogP contribution in [0.2, 0.25) is 0 Å². The van der Waals surface area contributed by atoms with E-state index in [1.54, 1.807) is 0 Å². The molecular weight excluding hydrogens is 164 g/mol. The lowest BCUT2D eigenvalue weighted by Gasteiger charge is -2.13. The summed E-state index contributed by atoms with van der Waals surface area (Å²) in [5.41, 5.74) is 0.291. The zero-order valence-electron chi connectivity index (χ0n) is 8.93. The third kappa shape index (κ3) is 1.02. The highest BCUT2D eigenvalue weighted by Crippen LogP contribution is 2.69. The van der Waals surface area contributed by atoms with E-state index in [4.69, 9.17) is 9.47 Å². The molecule has 0 aromatic rings. The molecule has 1 aliphatic carbocycles. The van der Waals surface area contributed by atoms with Gasteiger partial charge in [-0.25, -0.2) is 0 Å². The maximum atomic E-state index is 5.80. The van der Waals surface area contributed by atoms with Crippen LogP contribution in [0.1, 0.15) is 40.0 Å². The van der Waals surface area contributed by atoms with E-state index in [0.29, 0.717) is 11.3 Å². The molecule has 2 atom stereocenters. The van der Waals surface area contributed by atoms with Gasteiger partial charge in [0.05, 0.1) is 13.2 Å². The Morgan fingerprint density at radius 3 is 2.31 bits per heavy atom. The Morgan fingerprint density at radius 1 is 1.23 bits per heavy atom. The first-order valence-corrected chi connectivity index (χ1v) is 5.49. The summed E-state index contributed by atoms with van der Waals surface area (Å²) in [6.45, 7) is 8.35. The molecule has 2 nitrogen and oxygen atoms in total. The predicted molar refractivity (Wildman–Crippen MR) is 51.4 cm³/mol. The van der Waals surface area contributed by atoms with Gasteiger partial charge in [-0.15, -0.1) is 0 Å². The number of hydrogen-bond donors (Lipinski definition) is 0. The second-order valence-electron chi connectivity index (χ2n) is 4.48. The molecule has 2 heteroatoms. The minimum atomic E-state index is -0.183. The summed E-state index contributed by atoms with van der Waals surface area (Å²) >= 11 is 0. The van der Waals surface area contributed by atoms with E-state index < -0.39 is 0 Å². The lowest BCUT2D eigenvalue weighted by Crippen LogP contribution is -2.18. The van der Waals surface area contributed by atoms with Crippen molar-refractivity contribution >= 4 is 0 Å². The summed E-state index contributed by atoms with van der Waals surface area (Å²) in [7, 11) is 0. The summed E-state index contributed by atoms with van der Waals surface area (Å²) in [6.07, 6.45) is 3.64. The van der Waals surface area contributed by atoms with Crippen molar-refractivity contribution in [2.45, 2.75) is 45.8 Å². The van der Waals surface area contributed by atoms with Crippen LogP contribution in [0.25, 0.3) is 0 Å². The van der Waals surface area contributed by atoms with Gasteiger partial charge in [-0.1, -0.05) is 27.2 Å². The van der Waals surface area contributed by atoms with Gasteiger partial charge in [0, 0.05) is 11.3 Å². The molecule has 2 aliphatic rings. The molecule has 76 valence electrons. The summed E-state index contributed by atoms with van der Waals surface area (Å²) in [5.74, 6) is 0.454. The van der Waals surface area contributed by atoms with E-state index in [2.05, 4.69) is 20.8 Å².